The highest BCUT2D eigenvalue weighted by molar-refractivity contribution is 7.10. The Kier molecular flexibility index (Phi) is 4.90. The summed E-state index contributed by atoms with van der Waals surface area (Å²) in [6, 6.07) is 10.3. The molecule has 0 saturated carbocycles. The molecule has 2 aliphatic rings. The first-order valence-corrected chi connectivity index (χ1v) is 9.60. The number of fused-ring (bicyclic) bond motifs is 1. The molecule has 6 heteroatoms. The monoisotopic (exact) mass is 358 g/mol. The van der Waals surface area contributed by atoms with E-state index in [2.05, 4.69) is 22.3 Å². The number of thiophene rings is 1. The van der Waals surface area contributed by atoms with Crippen LogP contribution in [0.1, 0.15) is 29.3 Å². The molecule has 1 saturated heterocycles. The average molecular weight is 358 g/mol. The van der Waals surface area contributed by atoms with Gasteiger partial charge in [-0.3, -0.25) is 9.69 Å². The Morgan fingerprint density at radius 2 is 2.04 bits per heavy atom. The summed E-state index contributed by atoms with van der Waals surface area (Å²) in [5.41, 5.74) is 1.17. The number of nitrogens with one attached hydrogen (secondary N) is 1. The zero-order valence-corrected chi connectivity index (χ0v) is 14.9. The van der Waals surface area contributed by atoms with Gasteiger partial charge in [-0.1, -0.05) is 12.1 Å². The quantitative estimate of drug-likeness (QED) is 0.863. The van der Waals surface area contributed by atoms with Gasteiger partial charge in [-0.15, -0.1) is 11.3 Å². The standard InChI is InChI=1S/C19H22N2O3S/c22-19(11-15-4-3-9-25-15)20-12-16(21-7-1-2-8-21)14-5-6-17-18(10-14)24-13-23-17/h3-6,9-10,16H,1-2,7-8,11-13H2,(H,20,22)/t16-/m1/s1. The molecule has 1 aromatic heterocycles. The third kappa shape index (κ3) is 3.80. The van der Waals surface area contributed by atoms with Crippen molar-refractivity contribution in [1.29, 1.82) is 0 Å². The molecule has 5 nitrogen and oxygen atoms in total. The van der Waals surface area contributed by atoms with E-state index < -0.39 is 0 Å². The molecular formula is C19H22N2O3S. The van der Waals surface area contributed by atoms with E-state index in [-0.39, 0.29) is 18.7 Å². The highest BCUT2D eigenvalue weighted by Gasteiger charge is 2.26. The molecule has 0 radical (unpaired) electrons. The maximum Gasteiger partial charge on any atom is 0.231 e. The van der Waals surface area contributed by atoms with E-state index in [1.807, 2.05) is 23.6 Å². The van der Waals surface area contributed by atoms with E-state index in [1.165, 1.54) is 18.4 Å². The average Bonchev–Trinajstić information content (AvgIpc) is 3.37. The number of amides is 1. The third-order valence-electron chi connectivity index (χ3n) is 4.77. The Morgan fingerprint density at radius 3 is 2.84 bits per heavy atom. The second-order valence-electron chi connectivity index (χ2n) is 6.43. The van der Waals surface area contributed by atoms with Crippen LogP contribution in [0.25, 0.3) is 0 Å². The van der Waals surface area contributed by atoms with Crippen molar-refractivity contribution >= 4 is 17.2 Å². The molecule has 4 rings (SSSR count). The lowest BCUT2D eigenvalue weighted by Gasteiger charge is -2.28. The van der Waals surface area contributed by atoms with Crippen molar-refractivity contribution in [3.05, 3.63) is 46.2 Å². The summed E-state index contributed by atoms with van der Waals surface area (Å²) >= 11 is 1.62. The summed E-state index contributed by atoms with van der Waals surface area (Å²) in [5, 5.41) is 5.12. The molecule has 1 atom stereocenters. The van der Waals surface area contributed by atoms with Crippen molar-refractivity contribution in [2.24, 2.45) is 0 Å². The molecule has 0 bridgehead atoms. The molecule has 1 N–H and O–H groups in total. The Balaban J connectivity index is 1.45. The molecule has 2 aromatic rings. The maximum absolute atomic E-state index is 12.3. The number of carbonyl (C=O) groups is 1. The van der Waals surface area contributed by atoms with E-state index in [1.54, 1.807) is 11.3 Å². The minimum absolute atomic E-state index is 0.0763. The van der Waals surface area contributed by atoms with Gasteiger partial charge in [0, 0.05) is 11.4 Å². The predicted molar refractivity (Wildman–Crippen MR) is 97.1 cm³/mol. The van der Waals surface area contributed by atoms with Crippen LogP contribution in [-0.4, -0.2) is 37.2 Å². The lowest BCUT2D eigenvalue weighted by atomic mass is 10.0. The minimum atomic E-state index is 0.0763. The molecule has 2 aliphatic heterocycles. The first kappa shape index (κ1) is 16.4. The van der Waals surface area contributed by atoms with Crippen LogP contribution in [0.5, 0.6) is 11.5 Å². The Hall–Kier alpha value is -2.05. The number of nitrogens with zero attached hydrogens (tertiary/aromatic N) is 1. The maximum atomic E-state index is 12.3. The number of benzene rings is 1. The van der Waals surface area contributed by atoms with Gasteiger partial charge in [0.2, 0.25) is 12.7 Å². The summed E-state index contributed by atoms with van der Waals surface area (Å²) in [6.07, 6.45) is 2.87. The highest BCUT2D eigenvalue weighted by atomic mass is 32.1. The van der Waals surface area contributed by atoms with Gasteiger partial charge in [-0.25, -0.2) is 0 Å². The third-order valence-corrected chi connectivity index (χ3v) is 5.65. The fourth-order valence-electron chi connectivity index (χ4n) is 3.48. The lowest BCUT2D eigenvalue weighted by molar-refractivity contribution is -0.120. The van der Waals surface area contributed by atoms with Gasteiger partial charge in [0.25, 0.3) is 0 Å². The van der Waals surface area contributed by atoms with Crippen LogP contribution in [-0.2, 0) is 11.2 Å². The first-order valence-electron chi connectivity index (χ1n) is 8.72. The van der Waals surface area contributed by atoms with Crippen molar-refractivity contribution in [2.75, 3.05) is 26.4 Å². The van der Waals surface area contributed by atoms with Crippen molar-refractivity contribution in [2.45, 2.75) is 25.3 Å². The van der Waals surface area contributed by atoms with Gasteiger partial charge in [0.1, 0.15) is 0 Å². The normalized spacial score (nSPS) is 17.6. The molecule has 0 unspecified atom stereocenters. The Morgan fingerprint density at radius 1 is 1.20 bits per heavy atom. The number of hydrogen-bond donors (Lipinski definition) is 1. The number of ether oxygens (including phenoxy) is 2. The van der Waals surface area contributed by atoms with Crippen LogP contribution >= 0.6 is 11.3 Å². The van der Waals surface area contributed by atoms with Crippen LogP contribution in [0, 0.1) is 0 Å². The minimum Gasteiger partial charge on any atom is -0.454 e. The van der Waals surface area contributed by atoms with Gasteiger partial charge in [-0.05, 0) is 55.1 Å². The van der Waals surface area contributed by atoms with Crippen LogP contribution in [0.4, 0.5) is 0 Å². The number of carbonyl (C=O) groups excluding carboxylic acids is 1. The molecule has 0 spiro atoms. The second kappa shape index (κ2) is 7.45. The van der Waals surface area contributed by atoms with Gasteiger partial charge in [0.05, 0.1) is 12.5 Å². The van der Waals surface area contributed by atoms with E-state index in [4.69, 9.17) is 9.47 Å². The fourth-order valence-corrected chi connectivity index (χ4v) is 4.18. The summed E-state index contributed by atoms with van der Waals surface area (Å²) in [5.74, 6) is 1.67. The van der Waals surface area contributed by atoms with Crippen molar-refractivity contribution in [1.82, 2.24) is 10.2 Å². The summed E-state index contributed by atoms with van der Waals surface area (Å²) < 4.78 is 10.9. The second-order valence-corrected chi connectivity index (χ2v) is 7.46. The van der Waals surface area contributed by atoms with Crippen LogP contribution < -0.4 is 14.8 Å². The largest absolute Gasteiger partial charge is 0.454 e. The molecule has 132 valence electrons. The van der Waals surface area contributed by atoms with E-state index in [0.29, 0.717) is 13.0 Å². The Labute approximate surface area is 151 Å². The molecule has 1 amide bonds. The van der Waals surface area contributed by atoms with E-state index in [9.17, 15) is 4.79 Å². The number of rotatable bonds is 6. The zero-order chi connectivity index (χ0) is 17.1. The van der Waals surface area contributed by atoms with Crippen LogP contribution in [0.3, 0.4) is 0 Å². The molecule has 3 heterocycles. The molecule has 1 aromatic carbocycles. The highest BCUT2D eigenvalue weighted by Crippen LogP contribution is 2.36. The van der Waals surface area contributed by atoms with Crippen molar-refractivity contribution in [3.8, 4) is 11.5 Å². The molecule has 0 aliphatic carbocycles. The van der Waals surface area contributed by atoms with Crippen molar-refractivity contribution in [3.63, 3.8) is 0 Å². The van der Waals surface area contributed by atoms with Gasteiger partial charge in [-0.2, -0.15) is 0 Å². The fraction of sp³-hybridized carbons (Fsp3) is 0.421. The summed E-state index contributed by atoms with van der Waals surface area (Å²) in [4.78, 5) is 15.8. The predicted octanol–water partition coefficient (Wildman–Crippen LogP) is 2.97. The molecular weight excluding hydrogens is 336 g/mol. The van der Waals surface area contributed by atoms with Crippen molar-refractivity contribution < 1.29 is 14.3 Å². The van der Waals surface area contributed by atoms with Gasteiger partial charge in [0.15, 0.2) is 11.5 Å². The first-order chi connectivity index (χ1) is 12.3. The smallest absolute Gasteiger partial charge is 0.231 e. The SMILES string of the molecule is O=C(Cc1cccs1)NC[C@H](c1ccc2c(c1)OCO2)N1CCCC1. The van der Waals surface area contributed by atoms with Crippen LogP contribution in [0.15, 0.2) is 35.7 Å². The molecule has 25 heavy (non-hydrogen) atoms. The van der Waals surface area contributed by atoms with Gasteiger partial charge >= 0.3 is 0 Å². The topological polar surface area (TPSA) is 50.8 Å². The Bertz CT molecular complexity index is 726. The molecule has 1 fully saturated rings. The number of hydrogen-bond acceptors (Lipinski definition) is 5. The van der Waals surface area contributed by atoms with Crippen LogP contribution in [0.2, 0.25) is 0 Å². The summed E-state index contributed by atoms with van der Waals surface area (Å²) in [6.45, 7) is 3.04. The van der Waals surface area contributed by atoms with E-state index in [0.717, 1.165) is 29.5 Å². The zero-order valence-electron chi connectivity index (χ0n) is 14.1. The summed E-state index contributed by atoms with van der Waals surface area (Å²) in [7, 11) is 0. The van der Waals surface area contributed by atoms with E-state index >= 15 is 0 Å². The van der Waals surface area contributed by atoms with Gasteiger partial charge < -0.3 is 14.8 Å². The number of likely N-dealkylation sites (tertiary alicyclic amines) is 1. The lowest BCUT2D eigenvalue weighted by Crippen LogP contribution is -2.37.